The van der Waals surface area contributed by atoms with Crippen molar-refractivity contribution in [1.82, 2.24) is 15.1 Å². The van der Waals surface area contributed by atoms with Crippen LogP contribution in [0.1, 0.15) is 53.5 Å². The maximum absolute atomic E-state index is 13.0. The zero-order valence-electron chi connectivity index (χ0n) is 17.0. The van der Waals surface area contributed by atoms with Crippen LogP contribution in [0.15, 0.2) is 30.3 Å². The largest absolute Gasteiger partial charge is 0.481 e. The number of rotatable bonds is 7. The average molecular weight is 399 g/mol. The molecule has 2 heterocycles. The molecule has 7 nitrogen and oxygen atoms in total. The molecule has 1 aromatic carbocycles. The SMILES string of the molecule is CCc1[nH]nc(C(=O)N2CC[C@@H](O)[C@](CCCc3ccccc3)(C(=O)O)C2)c1C. The normalized spacial score (nSPS) is 21.9. The fourth-order valence-electron chi connectivity index (χ4n) is 4.20. The van der Waals surface area contributed by atoms with E-state index < -0.39 is 17.5 Å². The van der Waals surface area contributed by atoms with Gasteiger partial charge in [0.2, 0.25) is 0 Å². The highest BCUT2D eigenvalue weighted by atomic mass is 16.4. The summed E-state index contributed by atoms with van der Waals surface area (Å²) in [6.07, 6.45) is 1.66. The third-order valence-electron chi connectivity index (χ3n) is 6.09. The second-order valence-corrected chi connectivity index (χ2v) is 7.86. The second-order valence-electron chi connectivity index (χ2n) is 7.86. The van der Waals surface area contributed by atoms with Crippen molar-refractivity contribution < 1.29 is 19.8 Å². The van der Waals surface area contributed by atoms with E-state index in [0.29, 0.717) is 25.1 Å². The molecule has 0 unspecified atom stereocenters. The number of aryl methyl sites for hydroxylation is 2. The Hall–Kier alpha value is -2.67. The summed E-state index contributed by atoms with van der Waals surface area (Å²) in [5.74, 6) is -1.33. The van der Waals surface area contributed by atoms with Crippen LogP contribution in [0.25, 0.3) is 0 Å². The predicted octanol–water partition coefficient (Wildman–Crippen LogP) is 2.58. The molecule has 2 aromatic rings. The summed E-state index contributed by atoms with van der Waals surface area (Å²) in [6.45, 7) is 4.14. The Kier molecular flexibility index (Phi) is 6.37. The number of hydrogen-bond donors (Lipinski definition) is 3. The summed E-state index contributed by atoms with van der Waals surface area (Å²) >= 11 is 0. The summed E-state index contributed by atoms with van der Waals surface area (Å²) in [5, 5.41) is 27.7. The van der Waals surface area contributed by atoms with Gasteiger partial charge in [-0.3, -0.25) is 14.7 Å². The number of likely N-dealkylation sites (tertiary alicyclic amines) is 1. The molecule has 1 aromatic heterocycles. The molecule has 0 bridgehead atoms. The first-order chi connectivity index (χ1) is 13.9. The second kappa shape index (κ2) is 8.78. The number of aliphatic hydroxyl groups excluding tert-OH is 1. The minimum Gasteiger partial charge on any atom is -0.481 e. The van der Waals surface area contributed by atoms with Crippen LogP contribution in [0.4, 0.5) is 0 Å². The maximum atomic E-state index is 13.0. The highest BCUT2D eigenvalue weighted by molar-refractivity contribution is 5.94. The first-order valence-electron chi connectivity index (χ1n) is 10.2. The number of amides is 1. The smallest absolute Gasteiger partial charge is 0.314 e. The molecule has 0 spiro atoms. The van der Waals surface area contributed by atoms with E-state index in [0.717, 1.165) is 29.7 Å². The highest BCUT2D eigenvalue weighted by Gasteiger charge is 2.50. The Morgan fingerprint density at radius 1 is 1.31 bits per heavy atom. The van der Waals surface area contributed by atoms with Gasteiger partial charge in [0.1, 0.15) is 5.41 Å². The van der Waals surface area contributed by atoms with Gasteiger partial charge in [-0.05, 0) is 44.6 Å². The van der Waals surface area contributed by atoms with Crippen LogP contribution < -0.4 is 0 Å². The molecule has 29 heavy (non-hydrogen) atoms. The predicted molar refractivity (Wildman–Crippen MR) is 109 cm³/mol. The van der Waals surface area contributed by atoms with Gasteiger partial charge < -0.3 is 15.1 Å². The highest BCUT2D eigenvalue weighted by Crippen LogP contribution is 2.36. The van der Waals surface area contributed by atoms with E-state index in [9.17, 15) is 19.8 Å². The molecule has 0 aliphatic carbocycles. The lowest BCUT2D eigenvalue weighted by molar-refractivity contribution is -0.162. The van der Waals surface area contributed by atoms with E-state index in [2.05, 4.69) is 10.2 Å². The van der Waals surface area contributed by atoms with E-state index in [4.69, 9.17) is 0 Å². The molecule has 1 saturated heterocycles. The molecule has 0 radical (unpaired) electrons. The van der Waals surface area contributed by atoms with Gasteiger partial charge in [-0.25, -0.2) is 0 Å². The van der Waals surface area contributed by atoms with Crippen LogP contribution in [-0.2, 0) is 17.6 Å². The molecule has 3 N–H and O–H groups in total. The lowest BCUT2D eigenvalue weighted by atomic mass is 9.73. The van der Waals surface area contributed by atoms with Crippen LogP contribution in [0.2, 0.25) is 0 Å². The van der Waals surface area contributed by atoms with Gasteiger partial charge in [0, 0.05) is 24.3 Å². The van der Waals surface area contributed by atoms with Gasteiger partial charge in [0.25, 0.3) is 5.91 Å². The minimum absolute atomic E-state index is 0.00905. The number of aromatic nitrogens is 2. The number of aliphatic hydroxyl groups is 1. The summed E-state index contributed by atoms with van der Waals surface area (Å²) < 4.78 is 0. The monoisotopic (exact) mass is 399 g/mol. The number of carboxylic acids is 1. The summed E-state index contributed by atoms with van der Waals surface area (Å²) in [6, 6.07) is 9.86. The fraction of sp³-hybridized carbons (Fsp3) is 0.500. The molecule has 2 atom stereocenters. The number of aliphatic carboxylic acids is 1. The van der Waals surface area contributed by atoms with Crippen molar-refractivity contribution in [2.24, 2.45) is 5.41 Å². The third kappa shape index (κ3) is 4.19. The maximum Gasteiger partial charge on any atom is 0.314 e. The molecule has 3 rings (SSSR count). The lowest BCUT2D eigenvalue weighted by Gasteiger charge is -2.43. The van der Waals surface area contributed by atoms with Crippen LogP contribution in [0, 0.1) is 12.3 Å². The molecule has 1 aliphatic heterocycles. The standard InChI is InChI=1S/C22H29N3O4/c1-3-17-15(2)19(24-23-17)20(27)25-13-11-18(26)22(14-25,21(28)29)12-7-10-16-8-5-4-6-9-16/h4-6,8-9,18,26H,3,7,10-14H2,1-2H3,(H,23,24)(H,28,29)/t18-,22-/m1/s1. The van der Waals surface area contributed by atoms with Gasteiger partial charge in [-0.15, -0.1) is 0 Å². The Bertz CT molecular complexity index is 864. The van der Waals surface area contributed by atoms with Gasteiger partial charge in [0.15, 0.2) is 5.69 Å². The van der Waals surface area contributed by atoms with Crippen molar-refractivity contribution >= 4 is 11.9 Å². The topological polar surface area (TPSA) is 107 Å². The van der Waals surface area contributed by atoms with Crippen molar-refractivity contribution in [3.8, 4) is 0 Å². The Morgan fingerprint density at radius 3 is 2.66 bits per heavy atom. The van der Waals surface area contributed by atoms with Crippen LogP contribution >= 0.6 is 0 Å². The zero-order valence-corrected chi connectivity index (χ0v) is 17.0. The van der Waals surface area contributed by atoms with Crippen molar-refractivity contribution in [2.75, 3.05) is 13.1 Å². The van der Waals surface area contributed by atoms with Crippen LogP contribution in [0.3, 0.4) is 0 Å². The Morgan fingerprint density at radius 2 is 2.03 bits per heavy atom. The van der Waals surface area contributed by atoms with Gasteiger partial charge >= 0.3 is 5.97 Å². The minimum atomic E-state index is -1.36. The van der Waals surface area contributed by atoms with E-state index in [1.165, 1.54) is 4.90 Å². The molecule has 156 valence electrons. The first kappa shape index (κ1) is 21.0. The molecular weight excluding hydrogens is 370 g/mol. The van der Waals surface area contributed by atoms with Crippen LogP contribution in [-0.4, -0.2) is 56.4 Å². The molecule has 0 saturated carbocycles. The Labute approximate surface area is 170 Å². The molecular formula is C22H29N3O4. The van der Waals surface area contributed by atoms with Crippen molar-refractivity contribution in [3.63, 3.8) is 0 Å². The van der Waals surface area contributed by atoms with Gasteiger partial charge in [-0.2, -0.15) is 5.10 Å². The zero-order chi connectivity index (χ0) is 21.0. The summed E-state index contributed by atoms with van der Waals surface area (Å²) in [4.78, 5) is 26.8. The summed E-state index contributed by atoms with van der Waals surface area (Å²) in [7, 11) is 0. The number of nitrogens with zero attached hydrogens (tertiary/aromatic N) is 2. The third-order valence-corrected chi connectivity index (χ3v) is 6.09. The number of benzene rings is 1. The number of H-pyrrole nitrogens is 1. The van der Waals surface area contributed by atoms with E-state index in [-0.39, 0.29) is 18.9 Å². The van der Waals surface area contributed by atoms with E-state index in [1.54, 1.807) is 0 Å². The summed E-state index contributed by atoms with van der Waals surface area (Å²) in [5.41, 5.74) is 1.80. The number of hydrogen-bond acceptors (Lipinski definition) is 4. The Balaban J connectivity index is 1.76. The van der Waals surface area contributed by atoms with Crippen molar-refractivity contribution in [1.29, 1.82) is 0 Å². The molecule has 1 aliphatic rings. The van der Waals surface area contributed by atoms with Crippen LogP contribution in [0.5, 0.6) is 0 Å². The fourth-order valence-corrected chi connectivity index (χ4v) is 4.20. The van der Waals surface area contributed by atoms with Gasteiger partial charge in [-0.1, -0.05) is 37.3 Å². The average Bonchev–Trinajstić information content (AvgIpc) is 3.10. The van der Waals surface area contributed by atoms with Gasteiger partial charge in [0.05, 0.1) is 6.10 Å². The molecule has 7 heteroatoms. The first-order valence-corrected chi connectivity index (χ1v) is 10.2. The number of nitrogens with one attached hydrogen (secondary N) is 1. The van der Waals surface area contributed by atoms with E-state index >= 15 is 0 Å². The van der Waals surface area contributed by atoms with E-state index in [1.807, 2.05) is 44.2 Å². The number of piperidine rings is 1. The van der Waals surface area contributed by atoms with Crippen molar-refractivity contribution in [3.05, 3.63) is 52.8 Å². The quantitative estimate of drug-likeness (QED) is 0.663. The number of carbonyl (C=O) groups is 2. The number of aromatic amines is 1. The number of carboxylic acid groups (broad SMARTS) is 1. The molecule has 1 fully saturated rings. The van der Waals surface area contributed by atoms with Crippen molar-refractivity contribution in [2.45, 2.75) is 52.1 Å². The lowest BCUT2D eigenvalue weighted by Crippen LogP contribution is -2.57. The number of carbonyl (C=O) groups excluding carboxylic acids is 1. The molecule has 1 amide bonds.